The van der Waals surface area contributed by atoms with Gasteiger partial charge in [-0.3, -0.25) is 9.59 Å². The highest BCUT2D eigenvalue weighted by Gasteiger charge is 2.11. The maximum absolute atomic E-state index is 11.5. The zero-order valence-electron chi connectivity index (χ0n) is 12.6. The molecule has 0 aromatic heterocycles. The van der Waals surface area contributed by atoms with Gasteiger partial charge in [0.1, 0.15) is 5.75 Å². The van der Waals surface area contributed by atoms with Gasteiger partial charge in [-0.2, -0.15) is 0 Å². The van der Waals surface area contributed by atoms with Crippen LogP contribution in [0.2, 0.25) is 0 Å². The molecule has 6 nitrogen and oxygen atoms in total. The molecule has 6 heteroatoms. The Hall–Kier alpha value is -2.08. The molecule has 0 aliphatic rings. The average Bonchev–Trinajstić information content (AvgIpc) is 2.45. The van der Waals surface area contributed by atoms with Crippen molar-refractivity contribution < 1.29 is 14.7 Å². The summed E-state index contributed by atoms with van der Waals surface area (Å²) in [7, 11) is 3.91. The van der Waals surface area contributed by atoms with Crippen LogP contribution in [0.3, 0.4) is 0 Å². The smallest absolute Gasteiger partial charge is 0.309 e. The van der Waals surface area contributed by atoms with E-state index in [2.05, 4.69) is 10.6 Å². The molecule has 0 saturated carbocycles. The summed E-state index contributed by atoms with van der Waals surface area (Å²) in [5, 5.41) is 14.3. The second-order valence-electron chi connectivity index (χ2n) is 5.09. The van der Waals surface area contributed by atoms with Crippen molar-refractivity contribution in [1.29, 1.82) is 0 Å². The van der Waals surface area contributed by atoms with E-state index in [4.69, 9.17) is 5.11 Å². The molecular weight excluding hydrogens is 270 g/mol. The minimum atomic E-state index is -0.612. The molecule has 116 valence electrons. The van der Waals surface area contributed by atoms with Gasteiger partial charge in [0.25, 0.3) is 0 Å². The van der Waals surface area contributed by atoms with Gasteiger partial charge < -0.3 is 20.6 Å². The molecule has 1 aromatic carbocycles. The molecular formula is C15H23N3O3. The second kappa shape index (κ2) is 8.97. The summed E-state index contributed by atoms with van der Waals surface area (Å²) >= 11 is 0. The van der Waals surface area contributed by atoms with Crippen LogP contribution in [0.1, 0.15) is 12.0 Å². The summed E-state index contributed by atoms with van der Waals surface area (Å²) in [4.78, 5) is 25.1. The Balaban J connectivity index is 2.17. The minimum absolute atomic E-state index is 0.208. The molecule has 0 aliphatic heterocycles. The quantitative estimate of drug-likeness (QED) is 0.493. The van der Waals surface area contributed by atoms with Gasteiger partial charge >= 0.3 is 11.8 Å². The molecule has 0 radical (unpaired) electrons. The lowest BCUT2D eigenvalue weighted by Gasteiger charge is -2.10. The Labute approximate surface area is 125 Å². The van der Waals surface area contributed by atoms with Crippen LogP contribution in [0.4, 0.5) is 0 Å². The molecule has 0 atom stereocenters. The summed E-state index contributed by atoms with van der Waals surface area (Å²) in [5.74, 6) is -1.00. The van der Waals surface area contributed by atoms with E-state index in [1.807, 2.05) is 19.0 Å². The Morgan fingerprint density at radius 2 is 1.62 bits per heavy atom. The van der Waals surface area contributed by atoms with E-state index in [9.17, 15) is 9.59 Å². The largest absolute Gasteiger partial charge is 0.508 e. The number of amides is 2. The van der Waals surface area contributed by atoms with Crippen LogP contribution in [0.25, 0.3) is 0 Å². The topological polar surface area (TPSA) is 81.7 Å². The van der Waals surface area contributed by atoms with Crippen molar-refractivity contribution in [3.8, 4) is 5.75 Å². The third-order valence-electron chi connectivity index (χ3n) is 2.91. The van der Waals surface area contributed by atoms with Gasteiger partial charge in [-0.15, -0.1) is 0 Å². The predicted molar refractivity (Wildman–Crippen MR) is 81.0 cm³/mol. The van der Waals surface area contributed by atoms with E-state index < -0.39 is 11.8 Å². The molecule has 0 spiro atoms. The molecule has 0 bridgehead atoms. The number of rotatable bonds is 7. The lowest BCUT2D eigenvalue weighted by Crippen LogP contribution is -2.41. The van der Waals surface area contributed by atoms with Crippen LogP contribution in [-0.4, -0.2) is 55.6 Å². The first-order valence-corrected chi connectivity index (χ1v) is 6.97. The summed E-state index contributed by atoms with van der Waals surface area (Å²) in [6.45, 7) is 1.74. The van der Waals surface area contributed by atoms with Crippen molar-refractivity contribution in [2.24, 2.45) is 0 Å². The van der Waals surface area contributed by atoms with Gasteiger partial charge in [0, 0.05) is 13.1 Å². The monoisotopic (exact) mass is 293 g/mol. The first-order valence-electron chi connectivity index (χ1n) is 6.97. The standard InChI is InChI=1S/C15H23N3O3/c1-18(2)11-3-9-16-14(20)15(21)17-10-8-12-4-6-13(19)7-5-12/h4-7,19H,3,8-11H2,1-2H3,(H,16,20)(H,17,21). The van der Waals surface area contributed by atoms with E-state index in [0.29, 0.717) is 19.5 Å². The SMILES string of the molecule is CN(C)CCCNC(=O)C(=O)NCCc1ccc(O)cc1. The number of hydrogen-bond donors (Lipinski definition) is 3. The number of aromatic hydroxyl groups is 1. The molecule has 0 unspecified atom stereocenters. The highest BCUT2D eigenvalue weighted by molar-refractivity contribution is 6.35. The van der Waals surface area contributed by atoms with Crippen molar-refractivity contribution in [2.45, 2.75) is 12.8 Å². The number of hydrogen-bond acceptors (Lipinski definition) is 4. The van der Waals surface area contributed by atoms with Gasteiger partial charge in [0.2, 0.25) is 0 Å². The fourth-order valence-electron chi connectivity index (χ4n) is 1.74. The van der Waals surface area contributed by atoms with Crippen LogP contribution in [0.5, 0.6) is 5.75 Å². The number of benzene rings is 1. The van der Waals surface area contributed by atoms with Crippen LogP contribution in [0, 0.1) is 0 Å². The first kappa shape index (κ1) is 17.0. The van der Waals surface area contributed by atoms with Crippen LogP contribution >= 0.6 is 0 Å². The fourth-order valence-corrected chi connectivity index (χ4v) is 1.74. The summed E-state index contributed by atoms with van der Waals surface area (Å²) in [6, 6.07) is 6.74. The van der Waals surface area contributed by atoms with E-state index >= 15 is 0 Å². The third-order valence-corrected chi connectivity index (χ3v) is 2.91. The molecule has 21 heavy (non-hydrogen) atoms. The Bertz CT molecular complexity index is 458. The maximum atomic E-state index is 11.5. The van der Waals surface area contributed by atoms with E-state index in [1.54, 1.807) is 24.3 Å². The van der Waals surface area contributed by atoms with Crippen molar-refractivity contribution >= 4 is 11.8 Å². The molecule has 1 aromatic rings. The zero-order chi connectivity index (χ0) is 15.7. The summed E-state index contributed by atoms with van der Waals surface area (Å²) < 4.78 is 0. The summed E-state index contributed by atoms with van der Waals surface area (Å²) in [6.07, 6.45) is 1.42. The highest BCUT2D eigenvalue weighted by Crippen LogP contribution is 2.09. The predicted octanol–water partition coefficient (Wildman–Crippen LogP) is 0.119. The number of nitrogens with one attached hydrogen (secondary N) is 2. The van der Waals surface area contributed by atoms with Gasteiger partial charge in [-0.05, 0) is 51.2 Å². The fraction of sp³-hybridized carbons (Fsp3) is 0.467. The zero-order valence-corrected chi connectivity index (χ0v) is 12.6. The molecule has 0 fully saturated rings. The van der Waals surface area contributed by atoms with Gasteiger partial charge in [0.15, 0.2) is 0 Å². The van der Waals surface area contributed by atoms with E-state index in [-0.39, 0.29) is 5.75 Å². The normalized spacial score (nSPS) is 10.4. The van der Waals surface area contributed by atoms with E-state index in [0.717, 1.165) is 18.5 Å². The Morgan fingerprint density at radius 3 is 2.19 bits per heavy atom. The number of phenolic OH excluding ortho intramolecular Hbond substituents is 1. The number of carbonyl (C=O) groups excluding carboxylic acids is 2. The van der Waals surface area contributed by atoms with Crippen LogP contribution in [0.15, 0.2) is 24.3 Å². The Kier molecular flexibility index (Phi) is 7.25. The average molecular weight is 293 g/mol. The van der Waals surface area contributed by atoms with E-state index in [1.165, 1.54) is 0 Å². The van der Waals surface area contributed by atoms with Crippen molar-refractivity contribution in [3.63, 3.8) is 0 Å². The van der Waals surface area contributed by atoms with Gasteiger partial charge in [0.05, 0.1) is 0 Å². The highest BCUT2D eigenvalue weighted by atomic mass is 16.3. The minimum Gasteiger partial charge on any atom is -0.508 e. The van der Waals surface area contributed by atoms with Crippen LogP contribution < -0.4 is 10.6 Å². The molecule has 0 saturated heterocycles. The molecule has 0 aliphatic carbocycles. The molecule has 3 N–H and O–H groups in total. The van der Waals surface area contributed by atoms with Crippen molar-refractivity contribution in [3.05, 3.63) is 29.8 Å². The molecule has 0 heterocycles. The third kappa shape index (κ3) is 7.31. The van der Waals surface area contributed by atoms with Gasteiger partial charge in [-0.25, -0.2) is 0 Å². The first-order chi connectivity index (χ1) is 9.99. The lowest BCUT2D eigenvalue weighted by molar-refractivity contribution is -0.139. The number of phenols is 1. The molecule has 1 rings (SSSR count). The number of nitrogens with zero attached hydrogens (tertiary/aromatic N) is 1. The Morgan fingerprint density at radius 1 is 1.05 bits per heavy atom. The van der Waals surface area contributed by atoms with Gasteiger partial charge in [-0.1, -0.05) is 12.1 Å². The lowest BCUT2D eigenvalue weighted by atomic mass is 10.1. The summed E-state index contributed by atoms with van der Waals surface area (Å²) in [5.41, 5.74) is 0.986. The maximum Gasteiger partial charge on any atom is 0.309 e. The second-order valence-corrected chi connectivity index (χ2v) is 5.09. The number of carbonyl (C=O) groups is 2. The molecule has 2 amide bonds. The van der Waals surface area contributed by atoms with Crippen LogP contribution in [-0.2, 0) is 16.0 Å². The van der Waals surface area contributed by atoms with Crippen molar-refractivity contribution in [2.75, 3.05) is 33.7 Å². The van der Waals surface area contributed by atoms with Crippen molar-refractivity contribution in [1.82, 2.24) is 15.5 Å².